The van der Waals surface area contributed by atoms with Crippen molar-refractivity contribution in [3.05, 3.63) is 52.4 Å². The Kier molecular flexibility index (Phi) is 6.29. The minimum Gasteiger partial charge on any atom is -0.507 e. The Morgan fingerprint density at radius 1 is 1.19 bits per heavy atom. The third-order valence-electron chi connectivity index (χ3n) is 6.10. The number of H-pyrrole nitrogens is 1. The number of nitrogens with zero attached hydrogens (tertiary/aromatic N) is 3. The van der Waals surface area contributed by atoms with Crippen LogP contribution in [0.25, 0.3) is 5.76 Å². The van der Waals surface area contributed by atoms with Gasteiger partial charge in [-0.3, -0.25) is 19.6 Å². The number of carbonyl (C=O) groups excluding carboxylic acids is 2. The van der Waals surface area contributed by atoms with Gasteiger partial charge in [0.2, 0.25) is 0 Å². The van der Waals surface area contributed by atoms with Gasteiger partial charge in [0, 0.05) is 31.9 Å². The number of aromatic nitrogens is 2. The molecule has 2 N–H and O–H groups in total. The van der Waals surface area contributed by atoms with Gasteiger partial charge >= 0.3 is 0 Å². The Labute approximate surface area is 186 Å². The van der Waals surface area contributed by atoms with Crippen LogP contribution in [0.1, 0.15) is 28.6 Å². The van der Waals surface area contributed by atoms with Crippen LogP contribution >= 0.6 is 0 Å². The highest BCUT2D eigenvalue weighted by Crippen LogP contribution is 2.40. The molecule has 9 nitrogen and oxygen atoms in total. The number of Topliss-reactive ketones (excluding diaryl/α,β-unsaturated/α-hetero) is 1. The highest BCUT2D eigenvalue weighted by Gasteiger charge is 2.46. The average molecular weight is 441 g/mol. The Bertz CT molecular complexity index is 1020. The SMILES string of the molecule is COc1ccc(C2C(=C(O)c3c(C)n[nH]c3C)C(=O)C(=O)N2CCN2CCOCC2)cc1. The number of aliphatic hydroxyl groups excluding tert-OH is 1. The quantitative estimate of drug-likeness (QED) is 0.401. The molecule has 1 amide bonds. The van der Waals surface area contributed by atoms with Gasteiger partial charge in [-0.1, -0.05) is 12.1 Å². The second-order valence-corrected chi connectivity index (χ2v) is 8.03. The monoisotopic (exact) mass is 440 g/mol. The number of ketones is 1. The lowest BCUT2D eigenvalue weighted by atomic mass is 9.94. The third-order valence-corrected chi connectivity index (χ3v) is 6.10. The van der Waals surface area contributed by atoms with Crippen molar-refractivity contribution in [2.45, 2.75) is 19.9 Å². The van der Waals surface area contributed by atoms with Crippen molar-refractivity contribution >= 4 is 17.4 Å². The minimum absolute atomic E-state index is 0.0785. The summed E-state index contributed by atoms with van der Waals surface area (Å²) in [6.07, 6.45) is 0. The molecule has 9 heteroatoms. The van der Waals surface area contributed by atoms with E-state index in [0.29, 0.717) is 49.0 Å². The summed E-state index contributed by atoms with van der Waals surface area (Å²) in [5, 5.41) is 18.1. The molecule has 2 aliphatic heterocycles. The van der Waals surface area contributed by atoms with Gasteiger partial charge in [0.1, 0.15) is 11.5 Å². The molecule has 0 bridgehead atoms. The first-order chi connectivity index (χ1) is 15.4. The van der Waals surface area contributed by atoms with E-state index in [1.165, 1.54) is 0 Å². The van der Waals surface area contributed by atoms with Gasteiger partial charge in [-0.2, -0.15) is 5.10 Å². The van der Waals surface area contributed by atoms with Gasteiger partial charge in [0.05, 0.1) is 43.2 Å². The van der Waals surface area contributed by atoms with Gasteiger partial charge in [0.25, 0.3) is 11.7 Å². The van der Waals surface area contributed by atoms with Crippen molar-refractivity contribution in [1.29, 1.82) is 0 Å². The first-order valence-corrected chi connectivity index (χ1v) is 10.7. The minimum atomic E-state index is -0.698. The number of carbonyl (C=O) groups is 2. The zero-order chi connectivity index (χ0) is 22.8. The largest absolute Gasteiger partial charge is 0.507 e. The van der Waals surface area contributed by atoms with Crippen LogP contribution < -0.4 is 4.74 Å². The summed E-state index contributed by atoms with van der Waals surface area (Å²) in [7, 11) is 1.58. The summed E-state index contributed by atoms with van der Waals surface area (Å²) in [5.41, 5.74) is 2.46. The first-order valence-electron chi connectivity index (χ1n) is 10.7. The van der Waals surface area contributed by atoms with Gasteiger partial charge in [0.15, 0.2) is 0 Å². The number of aromatic amines is 1. The number of aliphatic hydroxyl groups is 1. The molecule has 0 aliphatic carbocycles. The molecule has 2 aromatic rings. The standard InChI is InChI=1S/C23H28N4O5/c1-14-18(15(2)25-24-14)21(28)19-20(16-4-6-17(31-3)7-5-16)27(23(30)22(19)29)9-8-26-10-12-32-13-11-26/h4-7,20,28H,8-13H2,1-3H3,(H,24,25). The number of morpholine rings is 1. The summed E-state index contributed by atoms with van der Waals surface area (Å²) in [6.45, 7) is 7.37. The second-order valence-electron chi connectivity index (χ2n) is 8.03. The molecule has 1 unspecified atom stereocenters. The zero-order valence-electron chi connectivity index (χ0n) is 18.6. The van der Waals surface area contributed by atoms with E-state index in [4.69, 9.17) is 9.47 Å². The molecule has 32 heavy (non-hydrogen) atoms. The van der Waals surface area contributed by atoms with Gasteiger partial charge < -0.3 is 19.5 Å². The van der Waals surface area contributed by atoms with Crippen LogP contribution in [0.4, 0.5) is 0 Å². The van der Waals surface area contributed by atoms with E-state index >= 15 is 0 Å². The fourth-order valence-electron chi connectivity index (χ4n) is 4.35. The van der Waals surface area contributed by atoms with Crippen molar-refractivity contribution < 1.29 is 24.2 Å². The maximum Gasteiger partial charge on any atom is 0.295 e. The lowest BCUT2D eigenvalue weighted by Gasteiger charge is -2.31. The van der Waals surface area contributed by atoms with Crippen LogP contribution in [0.15, 0.2) is 29.8 Å². The maximum absolute atomic E-state index is 13.1. The average Bonchev–Trinajstić information content (AvgIpc) is 3.28. The summed E-state index contributed by atoms with van der Waals surface area (Å²) in [4.78, 5) is 30.0. The molecule has 4 rings (SSSR count). The van der Waals surface area contributed by atoms with Gasteiger partial charge in [-0.15, -0.1) is 0 Å². The number of benzene rings is 1. The van der Waals surface area contributed by atoms with Crippen molar-refractivity contribution in [2.75, 3.05) is 46.5 Å². The summed E-state index contributed by atoms with van der Waals surface area (Å²) >= 11 is 0. The summed E-state index contributed by atoms with van der Waals surface area (Å²) < 4.78 is 10.6. The number of aryl methyl sites for hydroxylation is 2. The predicted molar refractivity (Wildman–Crippen MR) is 117 cm³/mol. The molecule has 1 atom stereocenters. The first kappa shape index (κ1) is 22.0. The molecule has 0 spiro atoms. The molecule has 1 aromatic heterocycles. The van der Waals surface area contributed by atoms with Crippen molar-refractivity contribution in [3.63, 3.8) is 0 Å². The predicted octanol–water partition coefficient (Wildman–Crippen LogP) is 1.79. The molecule has 2 saturated heterocycles. The number of likely N-dealkylation sites (tertiary alicyclic amines) is 1. The normalized spacial score (nSPS) is 21.3. The van der Waals surface area contributed by atoms with Crippen LogP contribution in [0.2, 0.25) is 0 Å². The molecular weight excluding hydrogens is 412 g/mol. The smallest absolute Gasteiger partial charge is 0.295 e. The fourth-order valence-corrected chi connectivity index (χ4v) is 4.35. The third kappa shape index (κ3) is 4.01. The van der Waals surface area contributed by atoms with E-state index in [1.807, 2.05) is 12.1 Å². The Balaban J connectivity index is 1.75. The van der Waals surface area contributed by atoms with Crippen LogP contribution in [-0.4, -0.2) is 83.3 Å². The van der Waals surface area contributed by atoms with Crippen molar-refractivity contribution in [1.82, 2.24) is 20.0 Å². The number of methoxy groups -OCH3 is 1. The second kappa shape index (κ2) is 9.13. The lowest BCUT2D eigenvalue weighted by molar-refractivity contribution is -0.140. The van der Waals surface area contributed by atoms with Crippen LogP contribution in [0, 0.1) is 13.8 Å². The number of ether oxygens (including phenoxy) is 2. The van der Waals surface area contributed by atoms with Gasteiger partial charge in [-0.25, -0.2) is 0 Å². The highest BCUT2D eigenvalue weighted by atomic mass is 16.5. The number of amides is 1. The fraction of sp³-hybridized carbons (Fsp3) is 0.435. The zero-order valence-corrected chi connectivity index (χ0v) is 18.6. The van der Waals surface area contributed by atoms with E-state index in [-0.39, 0.29) is 11.3 Å². The molecule has 0 saturated carbocycles. The van der Waals surface area contributed by atoms with E-state index < -0.39 is 17.7 Å². The molecular formula is C23H28N4O5. The topological polar surface area (TPSA) is 108 Å². The molecule has 2 fully saturated rings. The van der Waals surface area contributed by atoms with E-state index in [0.717, 1.165) is 18.7 Å². The number of hydrogen-bond donors (Lipinski definition) is 2. The van der Waals surface area contributed by atoms with E-state index in [2.05, 4.69) is 15.1 Å². The molecule has 1 aromatic carbocycles. The van der Waals surface area contributed by atoms with Crippen LogP contribution in [0.3, 0.4) is 0 Å². The van der Waals surface area contributed by atoms with Crippen LogP contribution in [0.5, 0.6) is 5.75 Å². The number of nitrogens with one attached hydrogen (secondary N) is 1. The highest BCUT2D eigenvalue weighted by molar-refractivity contribution is 6.46. The molecule has 170 valence electrons. The Hall–Kier alpha value is -3.17. The van der Waals surface area contributed by atoms with Crippen molar-refractivity contribution in [2.24, 2.45) is 0 Å². The lowest BCUT2D eigenvalue weighted by Crippen LogP contribution is -2.42. The number of rotatable bonds is 6. The summed E-state index contributed by atoms with van der Waals surface area (Å²) in [5.74, 6) is -0.841. The Morgan fingerprint density at radius 3 is 2.47 bits per heavy atom. The Morgan fingerprint density at radius 2 is 1.88 bits per heavy atom. The van der Waals surface area contributed by atoms with E-state index in [9.17, 15) is 14.7 Å². The van der Waals surface area contributed by atoms with Crippen molar-refractivity contribution in [3.8, 4) is 5.75 Å². The number of hydrogen-bond acceptors (Lipinski definition) is 7. The molecule has 2 aliphatic rings. The molecule has 3 heterocycles. The molecule has 0 radical (unpaired) electrons. The van der Waals surface area contributed by atoms with Gasteiger partial charge in [-0.05, 0) is 31.5 Å². The van der Waals surface area contributed by atoms with Crippen LogP contribution in [-0.2, 0) is 14.3 Å². The maximum atomic E-state index is 13.1. The van der Waals surface area contributed by atoms with E-state index in [1.54, 1.807) is 38.0 Å². The summed E-state index contributed by atoms with van der Waals surface area (Å²) in [6, 6.07) is 6.51.